The fraction of sp³-hybridized carbons (Fsp3) is 0.185. The van der Waals surface area contributed by atoms with Crippen molar-refractivity contribution in [3.63, 3.8) is 0 Å². The van der Waals surface area contributed by atoms with Crippen LogP contribution in [0.2, 0.25) is 0 Å². The maximum atomic E-state index is 5.86. The molecule has 7 heteroatoms. The summed E-state index contributed by atoms with van der Waals surface area (Å²) in [5, 5.41) is 4.18. The second-order valence-corrected chi connectivity index (χ2v) is 8.31. The van der Waals surface area contributed by atoms with Gasteiger partial charge in [0, 0.05) is 29.5 Å². The standard InChI is InChI=1S/C27H26N4O2S/c1-3-33-22-15-11-20(12-16-22)31-26(25(29-27(31)34)23-7-4-5-17-28-23)24-8-6-18-30(24)19-9-13-21(32-2)14-10-19/h4-18,25-26H,3H2,1-2H3,(H,29,34). The van der Waals surface area contributed by atoms with Crippen molar-refractivity contribution in [2.45, 2.75) is 19.0 Å². The van der Waals surface area contributed by atoms with Crippen molar-refractivity contribution in [3.05, 3.63) is 103 Å². The summed E-state index contributed by atoms with van der Waals surface area (Å²) in [4.78, 5) is 6.82. The van der Waals surface area contributed by atoms with Crippen LogP contribution in [0.15, 0.2) is 91.3 Å². The number of ether oxygens (including phenoxy) is 2. The van der Waals surface area contributed by atoms with E-state index in [0.29, 0.717) is 11.7 Å². The first-order valence-electron chi connectivity index (χ1n) is 11.2. The van der Waals surface area contributed by atoms with E-state index < -0.39 is 0 Å². The Balaban J connectivity index is 1.60. The molecule has 2 aromatic carbocycles. The monoisotopic (exact) mass is 470 g/mol. The van der Waals surface area contributed by atoms with Gasteiger partial charge in [0.2, 0.25) is 0 Å². The van der Waals surface area contributed by atoms with Crippen molar-refractivity contribution in [1.29, 1.82) is 0 Å². The number of hydrogen-bond donors (Lipinski definition) is 1. The van der Waals surface area contributed by atoms with E-state index in [0.717, 1.165) is 34.3 Å². The summed E-state index contributed by atoms with van der Waals surface area (Å²) in [5.74, 6) is 1.66. The van der Waals surface area contributed by atoms with E-state index in [1.54, 1.807) is 7.11 Å². The first-order valence-corrected chi connectivity index (χ1v) is 11.7. The predicted molar refractivity (Wildman–Crippen MR) is 138 cm³/mol. The molecule has 1 aliphatic heterocycles. The van der Waals surface area contributed by atoms with Crippen molar-refractivity contribution in [3.8, 4) is 17.2 Å². The first kappa shape index (κ1) is 22.0. The zero-order valence-corrected chi connectivity index (χ0v) is 19.9. The van der Waals surface area contributed by atoms with E-state index >= 15 is 0 Å². The Labute approximate surface area is 204 Å². The van der Waals surface area contributed by atoms with Gasteiger partial charge in [0.05, 0.1) is 25.5 Å². The number of methoxy groups -OCH3 is 1. The smallest absolute Gasteiger partial charge is 0.174 e. The van der Waals surface area contributed by atoms with Crippen molar-refractivity contribution >= 4 is 23.0 Å². The number of hydrogen-bond acceptors (Lipinski definition) is 4. The van der Waals surface area contributed by atoms with E-state index in [2.05, 4.69) is 50.2 Å². The zero-order valence-electron chi connectivity index (χ0n) is 19.1. The molecule has 6 nitrogen and oxygen atoms in total. The summed E-state index contributed by atoms with van der Waals surface area (Å²) in [6.07, 6.45) is 3.89. The highest BCUT2D eigenvalue weighted by Gasteiger charge is 2.42. The lowest BCUT2D eigenvalue weighted by Crippen LogP contribution is -2.30. The Morgan fingerprint density at radius 3 is 2.32 bits per heavy atom. The van der Waals surface area contributed by atoms with Crippen LogP contribution in [0, 0.1) is 0 Å². The minimum Gasteiger partial charge on any atom is -0.497 e. The lowest BCUT2D eigenvalue weighted by Gasteiger charge is -2.29. The molecule has 172 valence electrons. The van der Waals surface area contributed by atoms with Gasteiger partial charge in [-0.3, -0.25) is 4.98 Å². The Morgan fingerprint density at radius 1 is 0.912 bits per heavy atom. The van der Waals surface area contributed by atoms with E-state index in [-0.39, 0.29) is 12.1 Å². The third-order valence-corrected chi connectivity index (χ3v) is 6.27. The number of pyridine rings is 1. The fourth-order valence-corrected chi connectivity index (χ4v) is 4.76. The molecule has 2 unspecified atom stereocenters. The van der Waals surface area contributed by atoms with Crippen molar-refractivity contribution in [2.75, 3.05) is 18.6 Å². The molecule has 2 atom stereocenters. The lowest BCUT2D eigenvalue weighted by molar-refractivity contribution is 0.340. The molecule has 4 aromatic rings. The highest BCUT2D eigenvalue weighted by atomic mass is 32.1. The van der Waals surface area contributed by atoms with Gasteiger partial charge in [0.25, 0.3) is 0 Å². The fourth-order valence-electron chi connectivity index (χ4n) is 4.42. The van der Waals surface area contributed by atoms with E-state index in [4.69, 9.17) is 21.7 Å². The Morgan fingerprint density at radius 2 is 1.65 bits per heavy atom. The number of rotatable bonds is 7. The van der Waals surface area contributed by atoms with Crippen LogP contribution in [0.1, 0.15) is 30.4 Å². The highest BCUT2D eigenvalue weighted by molar-refractivity contribution is 7.80. The van der Waals surface area contributed by atoms with Gasteiger partial charge in [-0.2, -0.15) is 0 Å². The van der Waals surface area contributed by atoms with Crippen molar-refractivity contribution in [1.82, 2.24) is 14.9 Å². The van der Waals surface area contributed by atoms with Gasteiger partial charge in [-0.15, -0.1) is 0 Å². The van der Waals surface area contributed by atoms with Crippen LogP contribution in [0.5, 0.6) is 11.5 Å². The number of nitrogens with zero attached hydrogens (tertiary/aromatic N) is 3. The average molecular weight is 471 g/mol. The summed E-state index contributed by atoms with van der Waals surface area (Å²) in [5.41, 5.74) is 4.07. The summed E-state index contributed by atoms with van der Waals surface area (Å²) >= 11 is 5.86. The molecule has 3 heterocycles. The first-order chi connectivity index (χ1) is 16.7. The largest absolute Gasteiger partial charge is 0.497 e. The van der Waals surface area contributed by atoms with Crippen molar-refractivity contribution in [2.24, 2.45) is 0 Å². The molecule has 5 rings (SSSR count). The van der Waals surface area contributed by atoms with Crippen LogP contribution in [0.3, 0.4) is 0 Å². The third kappa shape index (κ3) is 4.10. The average Bonchev–Trinajstić information content (AvgIpc) is 3.50. The van der Waals surface area contributed by atoms with E-state index in [9.17, 15) is 0 Å². The molecule has 0 bridgehead atoms. The predicted octanol–water partition coefficient (Wildman–Crippen LogP) is 5.46. The molecule has 0 spiro atoms. The number of thiocarbonyl (C=S) groups is 1. The normalized spacial score (nSPS) is 17.5. The molecule has 0 amide bonds. The number of anilines is 1. The summed E-state index contributed by atoms with van der Waals surface area (Å²) < 4.78 is 13.2. The summed E-state index contributed by atoms with van der Waals surface area (Å²) in [6.45, 7) is 2.61. The van der Waals surface area contributed by atoms with Gasteiger partial charge in [0.1, 0.15) is 17.5 Å². The van der Waals surface area contributed by atoms with Crippen LogP contribution < -0.4 is 19.7 Å². The summed E-state index contributed by atoms with van der Waals surface area (Å²) in [6, 6.07) is 26.1. The SMILES string of the molecule is CCOc1ccc(N2C(=S)NC(c3ccccn3)C2c2cccn2-c2ccc(OC)cc2)cc1. The van der Waals surface area contributed by atoms with Crippen LogP contribution in [-0.4, -0.2) is 28.4 Å². The molecule has 0 radical (unpaired) electrons. The minimum absolute atomic E-state index is 0.113. The zero-order chi connectivity index (χ0) is 23.5. The topological polar surface area (TPSA) is 51.5 Å². The lowest BCUT2D eigenvalue weighted by atomic mass is 10.0. The Kier molecular flexibility index (Phi) is 6.18. The van der Waals surface area contributed by atoms with E-state index in [1.165, 1.54) is 0 Å². The second-order valence-electron chi connectivity index (χ2n) is 7.92. The molecule has 2 aromatic heterocycles. The maximum absolute atomic E-state index is 5.86. The number of aromatic nitrogens is 2. The van der Waals surface area contributed by atoms with Gasteiger partial charge in [0.15, 0.2) is 5.11 Å². The molecule has 1 fully saturated rings. The highest BCUT2D eigenvalue weighted by Crippen LogP contribution is 2.42. The molecule has 34 heavy (non-hydrogen) atoms. The molecule has 1 N–H and O–H groups in total. The third-order valence-electron chi connectivity index (χ3n) is 5.96. The van der Waals surface area contributed by atoms with Gasteiger partial charge >= 0.3 is 0 Å². The second kappa shape index (κ2) is 9.57. The number of nitrogens with one attached hydrogen (secondary N) is 1. The minimum atomic E-state index is -0.118. The molecular weight excluding hydrogens is 444 g/mol. The number of benzene rings is 2. The summed E-state index contributed by atoms with van der Waals surface area (Å²) in [7, 11) is 1.67. The van der Waals surface area contributed by atoms with Gasteiger partial charge in [-0.1, -0.05) is 6.07 Å². The van der Waals surface area contributed by atoms with E-state index in [1.807, 2.05) is 67.7 Å². The Hall–Kier alpha value is -3.84. The van der Waals surface area contributed by atoms with Crippen LogP contribution in [0.25, 0.3) is 5.69 Å². The molecular formula is C27H26N4O2S. The molecule has 0 saturated carbocycles. The van der Waals surface area contributed by atoms with Crippen molar-refractivity contribution < 1.29 is 9.47 Å². The van der Waals surface area contributed by atoms with Gasteiger partial charge in [-0.05, 0) is 91.9 Å². The van der Waals surface area contributed by atoms with Gasteiger partial charge < -0.3 is 24.3 Å². The Bertz CT molecular complexity index is 1260. The van der Waals surface area contributed by atoms with Crippen LogP contribution in [0.4, 0.5) is 5.69 Å². The van der Waals surface area contributed by atoms with Crippen LogP contribution in [-0.2, 0) is 0 Å². The maximum Gasteiger partial charge on any atom is 0.174 e. The van der Waals surface area contributed by atoms with Crippen LogP contribution >= 0.6 is 12.2 Å². The molecule has 1 aliphatic rings. The quantitative estimate of drug-likeness (QED) is 0.362. The van der Waals surface area contributed by atoms with Gasteiger partial charge in [-0.25, -0.2) is 0 Å². The molecule has 0 aliphatic carbocycles. The molecule has 1 saturated heterocycles.